The SMILES string of the molecule is C=CCOc1ccc(/C=C2/SC(=Nc3ccc(F)cc3)N(CC)C2=O)cc1. The second-order valence-corrected chi connectivity index (χ2v) is 6.71. The number of amides is 1. The summed E-state index contributed by atoms with van der Waals surface area (Å²) in [7, 11) is 0. The zero-order chi connectivity index (χ0) is 19.2. The molecule has 0 bridgehead atoms. The molecular weight excluding hydrogens is 363 g/mol. The van der Waals surface area contributed by atoms with Crippen LogP contribution in [0.2, 0.25) is 0 Å². The van der Waals surface area contributed by atoms with E-state index in [-0.39, 0.29) is 11.7 Å². The van der Waals surface area contributed by atoms with E-state index < -0.39 is 0 Å². The van der Waals surface area contributed by atoms with Gasteiger partial charge in [-0.2, -0.15) is 0 Å². The molecule has 0 aromatic heterocycles. The average molecular weight is 382 g/mol. The van der Waals surface area contributed by atoms with E-state index in [4.69, 9.17) is 4.74 Å². The Kier molecular flexibility index (Phi) is 6.08. The van der Waals surface area contributed by atoms with Gasteiger partial charge in [-0.15, -0.1) is 0 Å². The Labute approximate surface area is 162 Å². The van der Waals surface area contributed by atoms with Crippen molar-refractivity contribution in [2.24, 2.45) is 4.99 Å². The summed E-state index contributed by atoms with van der Waals surface area (Å²) >= 11 is 1.31. The van der Waals surface area contributed by atoms with Crippen molar-refractivity contribution in [3.63, 3.8) is 0 Å². The molecule has 0 radical (unpaired) electrons. The first-order valence-electron chi connectivity index (χ1n) is 8.50. The number of carbonyl (C=O) groups is 1. The first-order valence-corrected chi connectivity index (χ1v) is 9.31. The summed E-state index contributed by atoms with van der Waals surface area (Å²) < 4.78 is 18.5. The molecule has 1 saturated heterocycles. The maximum atomic E-state index is 13.1. The fourth-order valence-corrected chi connectivity index (χ4v) is 3.53. The van der Waals surface area contributed by atoms with Gasteiger partial charge < -0.3 is 4.74 Å². The van der Waals surface area contributed by atoms with E-state index in [0.717, 1.165) is 11.3 Å². The lowest BCUT2D eigenvalue weighted by Gasteiger charge is -2.11. The molecule has 27 heavy (non-hydrogen) atoms. The predicted octanol–water partition coefficient (Wildman–Crippen LogP) is 5.01. The Bertz CT molecular complexity index is 889. The van der Waals surface area contributed by atoms with Gasteiger partial charge >= 0.3 is 0 Å². The number of carbonyl (C=O) groups excluding carboxylic acids is 1. The molecular formula is C21H19FN2O2S. The Morgan fingerprint density at radius 3 is 2.52 bits per heavy atom. The van der Waals surface area contributed by atoms with Crippen molar-refractivity contribution in [3.05, 3.63) is 77.5 Å². The standard InChI is InChI=1S/C21H19FN2O2S/c1-3-13-26-18-11-5-15(6-12-18)14-19-20(25)24(4-2)21(27-19)23-17-9-7-16(22)8-10-17/h3,5-12,14H,1,4,13H2,2H3/b19-14+,23-21?. The van der Waals surface area contributed by atoms with Crippen molar-refractivity contribution in [1.29, 1.82) is 0 Å². The number of amidine groups is 1. The summed E-state index contributed by atoms with van der Waals surface area (Å²) in [4.78, 5) is 19.4. The Hall–Kier alpha value is -2.86. The first kappa shape index (κ1) is 18.9. The molecule has 2 aromatic carbocycles. The lowest BCUT2D eigenvalue weighted by molar-refractivity contribution is -0.122. The average Bonchev–Trinajstić information content (AvgIpc) is 2.97. The van der Waals surface area contributed by atoms with Gasteiger partial charge in [-0.1, -0.05) is 24.8 Å². The van der Waals surface area contributed by atoms with Gasteiger partial charge in [0.2, 0.25) is 0 Å². The Morgan fingerprint density at radius 2 is 1.89 bits per heavy atom. The number of rotatable bonds is 6. The van der Waals surface area contributed by atoms with Crippen molar-refractivity contribution >= 4 is 34.6 Å². The van der Waals surface area contributed by atoms with Crippen LogP contribution in [0, 0.1) is 5.82 Å². The highest BCUT2D eigenvalue weighted by Gasteiger charge is 2.32. The highest BCUT2D eigenvalue weighted by atomic mass is 32.2. The summed E-state index contributed by atoms with van der Waals surface area (Å²) in [6, 6.07) is 13.4. The molecule has 0 spiro atoms. The highest BCUT2D eigenvalue weighted by molar-refractivity contribution is 8.18. The second-order valence-electron chi connectivity index (χ2n) is 5.70. The first-order chi connectivity index (χ1) is 13.1. The molecule has 0 aliphatic carbocycles. The Morgan fingerprint density at radius 1 is 1.19 bits per heavy atom. The van der Waals surface area contributed by atoms with Gasteiger partial charge in [0.05, 0.1) is 10.6 Å². The molecule has 1 heterocycles. The van der Waals surface area contributed by atoms with E-state index in [2.05, 4.69) is 11.6 Å². The zero-order valence-electron chi connectivity index (χ0n) is 14.9. The van der Waals surface area contributed by atoms with E-state index in [1.807, 2.05) is 37.3 Å². The van der Waals surface area contributed by atoms with Crippen LogP contribution in [0.3, 0.4) is 0 Å². The fourth-order valence-electron chi connectivity index (χ4n) is 2.46. The van der Waals surface area contributed by atoms with Crippen LogP contribution in [0.25, 0.3) is 6.08 Å². The third kappa shape index (κ3) is 4.65. The van der Waals surface area contributed by atoms with Crippen molar-refractivity contribution in [2.45, 2.75) is 6.92 Å². The molecule has 3 rings (SSSR count). The lowest BCUT2D eigenvalue weighted by atomic mass is 10.2. The minimum atomic E-state index is -0.317. The third-order valence-corrected chi connectivity index (χ3v) is 4.81. The minimum absolute atomic E-state index is 0.0876. The van der Waals surface area contributed by atoms with Crippen LogP contribution in [-0.4, -0.2) is 29.1 Å². The topological polar surface area (TPSA) is 41.9 Å². The Balaban J connectivity index is 1.82. The van der Waals surface area contributed by atoms with Gasteiger partial charge in [0.1, 0.15) is 18.2 Å². The van der Waals surface area contributed by atoms with Gasteiger partial charge in [-0.05, 0) is 66.7 Å². The van der Waals surface area contributed by atoms with E-state index in [1.54, 1.807) is 23.1 Å². The van der Waals surface area contributed by atoms with E-state index in [1.165, 1.54) is 23.9 Å². The van der Waals surface area contributed by atoms with Crippen LogP contribution in [0.1, 0.15) is 12.5 Å². The summed E-state index contributed by atoms with van der Waals surface area (Å²) in [6.07, 6.45) is 3.52. The molecule has 6 heteroatoms. The number of thioether (sulfide) groups is 1. The normalized spacial score (nSPS) is 17.0. The van der Waals surface area contributed by atoms with Crippen LogP contribution >= 0.6 is 11.8 Å². The van der Waals surface area contributed by atoms with Gasteiger partial charge in [-0.25, -0.2) is 9.38 Å². The molecule has 138 valence electrons. The zero-order valence-corrected chi connectivity index (χ0v) is 15.7. The van der Waals surface area contributed by atoms with Crippen LogP contribution < -0.4 is 4.74 Å². The summed E-state index contributed by atoms with van der Waals surface area (Å²) in [6.45, 7) is 6.47. The molecule has 1 aliphatic heterocycles. The number of hydrogen-bond acceptors (Lipinski definition) is 4. The molecule has 1 amide bonds. The lowest BCUT2D eigenvalue weighted by Crippen LogP contribution is -2.28. The quantitative estimate of drug-likeness (QED) is 0.521. The molecule has 0 N–H and O–H groups in total. The van der Waals surface area contributed by atoms with Crippen molar-refractivity contribution in [1.82, 2.24) is 4.90 Å². The summed E-state index contributed by atoms with van der Waals surface area (Å²) in [5, 5.41) is 0.589. The number of aliphatic imine (C=N–C) groups is 1. The van der Waals surface area contributed by atoms with E-state index in [9.17, 15) is 9.18 Å². The summed E-state index contributed by atoms with van der Waals surface area (Å²) in [5.74, 6) is 0.342. The number of nitrogens with zero attached hydrogens (tertiary/aromatic N) is 2. The van der Waals surface area contributed by atoms with Crippen molar-refractivity contribution in [3.8, 4) is 5.75 Å². The molecule has 4 nitrogen and oxygen atoms in total. The number of halogens is 1. The third-order valence-electron chi connectivity index (χ3n) is 3.80. The molecule has 1 fully saturated rings. The number of likely N-dealkylation sites (N-methyl/N-ethyl adjacent to an activating group) is 1. The van der Waals surface area contributed by atoms with Gasteiger partial charge in [0.25, 0.3) is 5.91 Å². The van der Waals surface area contributed by atoms with Crippen LogP contribution in [0.4, 0.5) is 10.1 Å². The molecule has 2 aromatic rings. The smallest absolute Gasteiger partial charge is 0.266 e. The highest BCUT2D eigenvalue weighted by Crippen LogP contribution is 2.34. The van der Waals surface area contributed by atoms with Gasteiger partial charge in [0, 0.05) is 6.54 Å². The van der Waals surface area contributed by atoms with Crippen LogP contribution in [0.5, 0.6) is 5.75 Å². The number of hydrogen-bond donors (Lipinski definition) is 0. The van der Waals surface area contributed by atoms with Crippen molar-refractivity contribution in [2.75, 3.05) is 13.2 Å². The minimum Gasteiger partial charge on any atom is -0.490 e. The molecule has 0 saturated carbocycles. The number of benzene rings is 2. The maximum absolute atomic E-state index is 13.1. The molecule has 1 aliphatic rings. The number of ether oxygens (including phenoxy) is 1. The summed E-state index contributed by atoms with van der Waals surface area (Å²) in [5.41, 5.74) is 1.51. The van der Waals surface area contributed by atoms with Gasteiger partial charge in [-0.3, -0.25) is 9.69 Å². The fraction of sp³-hybridized carbons (Fsp3) is 0.143. The predicted molar refractivity (Wildman–Crippen MR) is 109 cm³/mol. The van der Waals surface area contributed by atoms with Gasteiger partial charge in [0.15, 0.2) is 5.17 Å². The van der Waals surface area contributed by atoms with E-state index >= 15 is 0 Å². The van der Waals surface area contributed by atoms with Crippen LogP contribution in [0.15, 0.2) is 71.1 Å². The van der Waals surface area contributed by atoms with Crippen molar-refractivity contribution < 1.29 is 13.9 Å². The maximum Gasteiger partial charge on any atom is 0.266 e. The monoisotopic (exact) mass is 382 g/mol. The molecule has 0 unspecified atom stereocenters. The van der Waals surface area contributed by atoms with Crippen LogP contribution in [-0.2, 0) is 4.79 Å². The largest absolute Gasteiger partial charge is 0.490 e. The second kappa shape index (κ2) is 8.68. The van der Waals surface area contributed by atoms with E-state index in [0.29, 0.717) is 28.9 Å². The molecule has 0 atom stereocenters.